The highest BCUT2D eigenvalue weighted by Gasteiger charge is 2.21. The summed E-state index contributed by atoms with van der Waals surface area (Å²) in [4.78, 5) is 29.3. The molecule has 1 atom stereocenters. The van der Waals surface area contributed by atoms with Crippen molar-refractivity contribution in [3.8, 4) is 0 Å². The van der Waals surface area contributed by atoms with Crippen molar-refractivity contribution in [2.24, 2.45) is 0 Å². The molecule has 3 rings (SSSR count). The molecule has 0 radical (unpaired) electrons. The molecule has 0 saturated heterocycles. The lowest BCUT2D eigenvalue weighted by Crippen LogP contribution is -2.30. The Morgan fingerprint density at radius 2 is 1.93 bits per heavy atom. The van der Waals surface area contributed by atoms with Gasteiger partial charge in [-0.1, -0.05) is 42.1 Å². The number of hydrogen-bond acceptors (Lipinski definition) is 6. The maximum absolute atomic E-state index is 13.7. The summed E-state index contributed by atoms with van der Waals surface area (Å²) in [7, 11) is 0. The van der Waals surface area contributed by atoms with Crippen LogP contribution in [0.2, 0.25) is 0 Å². The van der Waals surface area contributed by atoms with Crippen LogP contribution >= 0.6 is 23.1 Å². The van der Waals surface area contributed by atoms with Gasteiger partial charge in [0.15, 0.2) is 6.10 Å². The molecule has 0 unspecified atom stereocenters. The predicted octanol–water partition coefficient (Wildman–Crippen LogP) is 5.07. The normalized spacial score (nSPS) is 11.7. The van der Waals surface area contributed by atoms with E-state index >= 15 is 0 Å². The minimum atomic E-state index is -1.08. The van der Waals surface area contributed by atoms with Crippen LogP contribution < -0.4 is 5.32 Å². The molecule has 2 aromatic carbocycles. The number of rotatable bonds is 7. The molecule has 8 heteroatoms. The summed E-state index contributed by atoms with van der Waals surface area (Å²) < 4.78 is 19.9. The zero-order chi connectivity index (χ0) is 20.8. The van der Waals surface area contributed by atoms with E-state index in [9.17, 15) is 14.0 Å². The van der Waals surface area contributed by atoms with Gasteiger partial charge in [0.2, 0.25) is 0 Å². The fourth-order valence-corrected chi connectivity index (χ4v) is 4.31. The van der Waals surface area contributed by atoms with E-state index in [0.29, 0.717) is 11.3 Å². The van der Waals surface area contributed by atoms with Gasteiger partial charge in [-0.05, 0) is 37.6 Å². The van der Waals surface area contributed by atoms with E-state index in [4.69, 9.17) is 4.74 Å². The lowest BCUT2D eigenvalue weighted by molar-refractivity contribution is -0.123. The second-order valence-electron chi connectivity index (χ2n) is 6.22. The molecule has 5 nitrogen and oxygen atoms in total. The highest BCUT2D eigenvalue weighted by molar-refractivity contribution is 8.00. The van der Waals surface area contributed by atoms with Gasteiger partial charge in [-0.15, -0.1) is 11.3 Å². The summed E-state index contributed by atoms with van der Waals surface area (Å²) >= 11 is 3.08. The summed E-state index contributed by atoms with van der Waals surface area (Å²) in [5.41, 5.74) is 2.17. The summed E-state index contributed by atoms with van der Waals surface area (Å²) in [6.07, 6.45) is -1.08. The number of para-hydroxylation sites is 1. The Kier molecular flexibility index (Phi) is 7.00. The smallest absolute Gasteiger partial charge is 0.339 e. The lowest BCUT2D eigenvalue weighted by Gasteiger charge is -2.15. The van der Waals surface area contributed by atoms with Crippen LogP contribution in [0, 0.1) is 12.7 Å². The standard InChI is InChI=1S/C21H19FN2O3S2/c1-13-11-28-21(23-13)29-12-15-7-3-4-8-16(15)20(26)27-14(2)19(25)24-18-10-6-5-9-17(18)22/h3-11,14H,12H2,1-2H3,(H,24,25)/t14-/m0/s1. The quantitative estimate of drug-likeness (QED) is 0.419. The molecule has 0 saturated carbocycles. The molecule has 0 spiro atoms. The molecule has 0 bridgehead atoms. The third-order valence-electron chi connectivity index (χ3n) is 3.97. The molecule has 1 aromatic heterocycles. The number of esters is 1. The third-order valence-corrected chi connectivity index (χ3v) is 6.16. The SMILES string of the molecule is Cc1csc(SCc2ccccc2C(=O)O[C@@H](C)C(=O)Nc2ccccc2F)n1. The number of ether oxygens (including phenoxy) is 1. The van der Waals surface area contributed by atoms with E-state index in [0.717, 1.165) is 15.6 Å². The number of aromatic nitrogens is 1. The topological polar surface area (TPSA) is 68.3 Å². The number of thiazole rings is 1. The number of carbonyl (C=O) groups excluding carboxylic acids is 2. The number of anilines is 1. The van der Waals surface area contributed by atoms with Gasteiger partial charge in [0.05, 0.1) is 11.3 Å². The maximum atomic E-state index is 13.7. The van der Waals surface area contributed by atoms with E-state index < -0.39 is 23.8 Å². The van der Waals surface area contributed by atoms with Gasteiger partial charge in [-0.25, -0.2) is 14.2 Å². The first-order valence-corrected chi connectivity index (χ1v) is 10.7. The summed E-state index contributed by atoms with van der Waals surface area (Å²) in [6, 6.07) is 12.9. The number of hydrogen-bond donors (Lipinski definition) is 1. The number of carbonyl (C=O) groups is 2. The Morgan fingerprint density at radius 3 is 2.66 bits per heavy atom. The summed E-state index contributed by atoms with van der Waals surface area (Å²) in [6.45, 7) is 3.38. The van der Waals surface area contributed by atoms with Crippen LogP contribution in [-0.2, 0) is 15.3 Å². The van der Waals surface area contributed by atoms with Crippen molar-refractivity contribution in [3.05, 3.63) is 76.5 Å². The molecule has 0 aliphatic carbocycles. The highest BCUT2D eigenvalue weighted by atomic mass is 32.2. The Morgan fingerprint density at radius 1 is 1.21 bits per heavy atom. The van der Waals surface area contributed by atoms with Crippen LogP contribution in [0.25, 0.3) is 0 Å². The van der Waals surface area contributed by atoms with Crippen LogP contribution in [0.5, 0.6) is 0 Å². The largest absolute Gasteiger partial charge is 0.449 e. The van der Waals surface area contributed by atoms with Crippen molar-refractivity contribution < 1.29 is 18.7 Å². The molecule has 1 N–H and O–H groups in total. The molecule has 0 aliphatic rings. The van der Waals surface area contributed by atoms with Crippen LogP contribution in [-0.4, -0.2) is 23.0 Å². The van der Waals surface area contributed by atoms with Crippen molar-refractivity contribution >= 4 is 40.7 Å². The number of halogens is 1. The molecule has 1 amide bonds. The average molecular weight is 431 g/mol. The van der Waals surface area contributed by atoms with Crippen LogP contribution in [0.3, 0.4) is 0 Å². The monoisotopic (exact) mass is 430 g/mol. The molecule has 0 fully saturated rings. The molecule has 3 aromatic rings. The molecule has 1 heterocycles. The second-order valence-corrected chi connectivity index (χ2v) is 8.30. The van der Waals surface area contributed by atoms with E-state index in [1.54, 1.807) is 29.5 Å². The minimum Gasteiger partial charge on any atom is -0.449 e. The maximum Gasteiger partial charge on any atom is 0.339 e. The fraction of sp³-hybridized carbons (Fsp3) is 0.190. The first kappa shape index (κ1) is 21.0. The second kappa shape index (κ2) is 9.67. The number of nitrogens with one attached hydrogen (secondary N) is 1. The highest BCUT2D eigenvalue weighted by Crippen LogP contribution is 2.27. The minimum absolute atomic E-state index is 0.0379. The molecular formula is C21H19FN2O3S2. The zero-order valence-corrected chi connectivity index (χ0v) is 17.5. The Labute approximate surface area is 176 Å². The zero-order valence-electron chi connectivity index (χ0n) is 15.8. The fourth-order valence-electron chi connectivity index (χ4n) is 2.46. The van der Waals surface area contributed by atoms with E-state index in [1.165, 1.54) is 36.9 Å². The summed E-state index contributed by atoms with van der Waals surface area (Å²) in [5, 5.41) is 4.40. The number of aryl methyl sites for hydroxylation is 1. The van der Waals surface area contributed by atoms with Gasteiger partial charge in [-0.2, -0.15) is 0 Å². The van der Waals surface area contributed by atoms with Crippen LogP contribution in [0.15, 0.2) is 58.3 Å². The molecule has 0 aliphatic heterocycles. The molecular weight excluding hydrogens is 411 g/mol. The first-order chi connectivity index (χ1) is 13.9. The van der Waals surface area contributed by atoms with Crippen molar-refractivity contribution in [2.75, 3.05) is 5.32 Å². The van der Waals surface area contributed by atoms with Gasteiger partial charge >= 0.3 is 5.97 Å². The van der Waals surface area contributed by atoms with Crippen LogP contribution in [0.4, 0.5) is 10.1 Å². The van der Waals surface area contributed by atoms with E-state index in [1.807, 2.05) is 24.4 Å². The van der Waals surface area contributed by atoms with Crippen molar-refractivity contribution in [1.29, 1.82) is 0 Å². The number of thioether (sulfide) groups is 1. The van der Waals surface area contributed by atoms with Gasteiger partial charge < -0.3 is 10.1 Å². The van der Waals surface area contributed by atoms with Gasteiger partial charge in [0.1, 0.15) is 10.2 Å². The van der Waals surface area contributed by atoms with Crippen molar-refractivity contribution in [3.63, 3.8) is 0 Å². The predicted molar refractivity (Wildman–Crippen MR) is 113 cm³/mol. The Bertz CT molecular complexity index is 1020. The Balaban J connectivity index is 1.64. The van der Waals surface area contributed by atoms with Crippen LogP contribution in [0.1, 0.15) is 28.5 Å². The average Bonchev–Trinajstić information content (AvgIpc) is 3.13. The van der Waals surface area contributed by atoms with E-state index in [2.05, 4.69) is 10.3 Å². The van der Waals surface area contributed by atoms with Gasteiger partial charge in [0.25, 0.3) is 5.91 Å². The molecule has 29 heavy (non-hydrogen) atoms. The van der Waals surface area contributed by atoms with Crippen molar-refractivity contribution in [2.45, 2.75) is 30.0 Å². The summed E-state index contributed by atoms with van der Waals surface area (Å²) in [5.74, 6) is -1.21. The van der Waals surface area contributed by atoms with E-state index in [-0.39, 0.29) is 5.69 Å². The van der Waals surface area contributed by atoms with Crippen molar-refractivity contribution in [1.82, 2.24) is 4.98 Å². The number of benzene rings is 2. The number of amides is 1. The number of nitrogens with zero attached hydrogens (tertiary/aromatic N) is 1. The first-order valence-electron chi connectivity index (χ1n) is 8.83. The van der Waals surface area contributed by atoms with Gasteiger partial charge in [0, 0.05) is 16.8 Å². The molecule has 150 valence electrons. The lowest BCUT2D eigenvalue weighted by atomic mass is 10.1. The Hall–Kier alpha value is -2.71. The van der Waals surface area contributed by atoms with Gasteiger partial charge in [-0.3, -0.25) is 4.79 Å². The third kappa shape index (κ3) is 5.65.